The highest BCUT2D eigenvalue weighted by atomic mass is 32.2. The summed E-state index contributed by atoms with van der Waals surface area (Å²) in [4.78, 5) is 0. The number of hydrogen-bond acceptors (Lipinski definition) is 5. The maximum Gasteiger partial charge on any atom is 0.190 e. The van der Waals surface area contributed by atoms with Crippen LogP contribution >= 0.6 is 11.8 Å². The molecule has 0 amide bonds. The number of aromatic nitrogens is 3. The second kappa shape index (κ2) is 9.69. The van der Waals surface area contributed by atoms with Gasteiger partial charge >= 0.3 is 0 Å². The van der Waals surface area contributed by atoms with E-state index in [2.05, 4.69) is 46.3 Å². The first-order chi connectivity index (χ1) is 11.7. The van der Waals surface area contributed by atoms with Gasteiger partial charge < -0.3 is 14.6 Å². The van der Waals surface area contributed by atoms with E-state index in [-0.39, 0.29) is 0 Å². The van der Waals surface area contributed by atoms with Gasteiger partial charge in [-0.25, -0.2) is 0 Å². The lowest BCUT2D eigenvalue weighted by Crippen LogP contribution is -2.17. The third-order valence-corrected chi connectivity index (χ3v) is 4.45. The molecule has 0 aliphatic heterocycles. The molecule has 1 aromatic carbocycles. The molecule has 1 N–H and O–H groups in total. The van der Waals surface area contributed by atoms with Gasteiger partial charge in [0.2, 0.25) is 0 Å². The Hall–Kier alpha value is -1.53. The summed E-state index contributed by atoms with van der Waals surface area (Å²) in [5.41, 5.74) is 1.19. The number of para-hydroxylation sites is 1. The van der Waals surface area contributed by atoms with Gasteiger partial charge in [0.05, 0.1) is 7.11 Å². The van der Waals surface area contributed by atoms with Crippen LogP contribution in [-0.2, 0) is 19.5 Å². The third kappa shape index (κ3) is 5.24. The minimum absolute atomic E-state index is 0.592. The molecule has 2 aromatic rings. The highest BCUT2D eigenvalue weighted by Crippen LogP contribution is 2.18. The van der Waals surface area contributed by atoms with E-state index < -0.39 is 0 Å². The van der Waals surface area contributed by atoms with Gasteiger partial charge in [0.15, 0.2) is 5.16 Å². The van der Waals surface area contributed by atoms with Gasteiger partial charge in [0.1, 0.15) is 11.6 Å². The molecule has 0 saturated heterocycles. The average molecular weight is 349 g/mol. The quantitative estimate of drug-likeness (QED) is 0.527. The summed E-state index contributed by atoms with van der Waals surface area (Å²) in [6.45, 7) is 7.19. The lowest BCUT2D eigenvalue weighted by Gasteiger charge is -2.12. The Kier molecular flexibility index (Phi) is 7.59. The van der Waals surface area contributed by atoms with E-state index in [0.29, 0.717) is 5.92 Å². The Bertz CT molecular complexity index is 627. The smallest absolute Gasteiger partial charge is 0.190 e. The molecular formula is C18H28N4OS. The molecule has 132 valence electrons. The standard InChI is InChI=1S/C18H28N4OS/c1-14(2)13-22-17(20-21-18(22)24-4)10-7-11-19-12-15-8-5-6-9-16(15)23-3/h5-6,8-9,14,19H,7,10-13H2,1-4H3. The Morgan fingerprint density at radius 1 is 1.25 bits per heavy atom. The fourth-order valence-electron chi connectivity index (χ4n) is 2.65. The number of benzene rings is 1. The molecule has 0 unspecified atom stereocenters. The van der Waals surface area contributed by atoms with Gasteiger partial charge in [-0.2, -0.15) is 0 Å². The van der Waals surface area contributed by atoms with Gasteiger partial charge in [-0.1, -0.05) is 43.8 Å². The maximum absolute atomic E-state index is 5.38. The highest BCUT2D eigenvalue weighted by molar-refractivity contribution is 7.98. The van der Waals surface area contributed by atoms with E-state index >= 15 is 0 Å². The molecule has 0 bridgehead atoms. The molecule has 0 fully saturated rings. The van der Waals surface area contributed by atoms with Gasteiger partial charge in [-0.15, -0.1) is 10.2 Å². The van der Waals surface area contributed by atoms with Gasteiger partial charge in [-0.05, 0) is 31.2 Å². The van der Waals surface area contributed by atoms with E-state index in [1.807, 2.05) is 18.2 Å². The summed E-state index contributed by atoms with van der Waals surface area (Å²) < 4.78 is 7.64. The lowest BCUT2D eigenvalue weighted by atomic mass is 10.2. The van der Waals surface area contributed by atoms with Crippen LogP contribution in [0.15, 0.2) is 29.4 Å². The molecule has 0 radical (unpaired) electrons. The number of nitrogens with zero attached hydrogens (tertiary/aromatic N) is 3. The van der Waals surface area contributed by atoms with Crippen molar-refractivity contribution in [2.24, 2.45) is 5.92 Å². The normalized spacial score (nSPS) is 11.2. The third-order valence-electron chi connectivity index (χ3n) is 3.79. The fraction of sp³-hybridized carbons (Fsp3) is 0.556. The second-order valence-electron chi connectivity index (χ2n) is 6.20. The summed E-state index contributed by atoms with van der Waals surface area (Å²) in [5.74, 6) is 2.62. The summed E-state index contributed by atoms with van der Waals surface area (Å²) >= 11 is 1.66. The number of thioether (sulfide) groups is 1. The van der Waals surface area contributed by atoms with Crippen molar-refractivity contribution < 1.29 is 4.74 Å². The van der Waals surface area contributed by atoms with Crippen LogP contribution in [0, 0.1) is 5.92 Å². The maximum atomic E-state index is 5.38. The first kappa shape index (κ1) is 18.8. The minimum Gasteiger partial charge on any atom is -0.496 e. The van der Waals surface area contributed by atoms with Gasteiger partial charge in [-0.3, -0.25) is 0 Å². The van der Waals surface area contributed by atoms with E-state index in [9.17, 15) is 0 Å². The van der Waals surface area contributed by atoms with Crippen molar-refractivity contribution in [1.29, 1.82) is 0 Å². The molecule has 6 heteroatoms. The van der Waals surface area contributed by atoms with Crippen LogP contribution in [0.3, 0.4) is 0 Å². The molecule has 1 heterocycles. The fourth-order valence-corrected chi connectivity index (χ4v) is 3.17. The zero-order valence-corrected chi connectivity index (χ0v) is 15.9. The monoisotopic (exact) mass is 348 g/mol. The molecule has 0 saturated carbocycles. The zero-order chi connectivity index (χ0) is 17.4. The summed E-state index contributed by atoms with van der Waals surface area (Å²) in [7, 11) is 1.71. The number of rotatable bonds is 10. The molecule has 1 aromatic heterocycles. The predicted octanol–water partition coefficient (Wildman–Crippen LogP) is 3.39. The highest BCUT2D eigenvalue weighted by Gasteiger charge is 2.12. The van der Waals surface area contributed by atoms with Crippen molar-refractivity contribution in [2.75, 3.05) is 19.9 Å². The lowest BCUT2D eigenvalue weighted by molar-refractivity contribution is 0.407. The molecule has 2 rings (SSSR count). The molecule has 0 aliphatic rings. The SMILES string of the molecule is COc1ccccc1CNCCCc1nnc(SC)n1CC(C)C. The van der Waals surface area contributed by atoms with Crippen molar-refractivity contribution >= 4 is 11.8 Å². The Balaban J connectivity index is 1.81. The Labute approximate surface area is 149 Å². The van der Waals surface area contributed by atoms with E-state index in [1.54, 1.807) is 18.9 Å². The Morgan fingerprint density at radius 2 is 2.04 bits per heavy atom. The van der Waals surface area contributed by atoms with E-state index in [4.69, 9.17) is 4.74 Å². The molecule has 24 heavy (non-hydrogen) atoms. The summed E-state index contributed by atoms with van der Waals surface area (Å²) in [6.07, 6.45) is 4.04. The van der Waals surface area contributed by atoms with Crippen LogP contribution in [-0.4, -0.2) is 34.7 Å². The number of aryl methyl sites for hydroxylation is 1. The first-order valence-electron chi connectivity index (χ1n) is 8.44. The number of hydrogen-bond donors (Lipinski definition) is 1. The molecule has 5 nitrogen and oxygen atoms in total. The van der Waals surface area contributed by atoms with E-state index in [0.717, 1.165) is 49.2 Å². The van der Waals surface area contributed by atoms with Crippen LogP contribution in [0.5, 0.6) is 5.75 Å². The number of ether oxygens (including phenoxy) is 1. The predicted molar refractivity (Wildman–Crippen MR) is 99.7 cm³/mol. The van der Waals surface area contributed by atoms with Gasteiger partial charge in [0, 0.05) is 25.1 Å². The first-order valence-corrected chi connectivity index (χ1v) is 9.66. The van der Waals surface area contributed by atoms with Crippen LogP contribution in [0.1, 0.15) is 31.7 Å². The molecular weight excluding hydrogens is 320 g/mol. The minimum atomic E-state index is 0.592. The van der Waals surface area contributed by atoms with Crippen LogP contribution in [0.25, 0.3) is 0 Å². The van der Waals surface area contributed by atoms with Crippen LogP contribution in [0.2, 0.25) is 0 Å². The summed E-state index contributed by atoms with van der Waals surface area (Å²) in [5, 5.41) is 13.2. The van der Waals surface area contributed by atoms with Crippen molar-refractivity contribution in [2.45, 2.75) is 44.9 Å². The average Bonchev–Trinajstić information content (AvgIpc) is 2.96. The summed E-state index contributed by atoms with van der Waals surface area (Å²) in [6, 6.07) is 8.12. The molecule has 0 atom stereocenters. The van der Waals surface area contributed by atoms with Crippen molar-refractivity contribution in [3.63, 3.8) is 0 Å². The Morgan fingerprint density at radius 3 is 2.75 bits per heavy atom. The van der Waals surface area contributed by atoms with Crippen LogP contribution < -0.4 is 10.1 Å². The second-order valence-corrected chi connectivity index (χ2v) is 6.97. The largest absolute Gasteiger partial charge is 0.496 e. The van der Waals surface area contributed by atoms with Crippen molar-refractivity contribution in [1.82, 2.24) is 20.1 Å². The number of methoxy groups -OCH3 is 1. The van der Waals surface area contributed by atoms with Crippen LogP contribution in [0.4, 0.5) is 0 Å². The number of nitrogens with one attached hydrogen (secondary N) is 1. The van der Waals surface area contributed by atoms with Crippen molar-refractivity contribution in [3.05, 3.63) is 35.7 Å². The zero-order valence-electron chi connectivity index (χ0n) is 15.1. The van der Waals surface area contributed by atoms with E-state index in [1.165, 1.54) is 5.56 Å². The topological polar surface area (TPSA) is 52.0 Å². The molecule has 0 spiro atoms. The van der Waals surface area contributed by atoms with Crippen molar-refractivity contribution in [3.8, 4) is 5.75 Å². The molecule has 0 aliphatic carbocycles. The van der Waals surface area contributed by atoms with Gasteiger partial charge in [0.25, 0.3) is 0 Å².